The van der Waals surface area contributed by atoms with Gasteiger partial charge in [0, 0.05) is 18.9 Å². The van der Waals surface area contributed by atoms with E-state index in [9.17, 15) is 13.2 Å². The van der Waals surface area contributed by atoms with Gasteiger partial charge in [-0.25, -0.2) is 5.48 Å². The van der Waals surface area contributed by atoms with E-state index in [-0.39, 0.29) is 6.54 Å². The van der Waals surface area contributed by atoms with Crippen molar-refractivity contribution >= 4 is 0 Å². The Balaban J connectivity index is 2.00. The van der Waals surface area contributed by atoms with Crippen molar-refractivity contribution in [3.63, 3.8) is 0 Å². The van der Waals surface area contributed by atoms with Crippen LogP contribution in [0.2, 0.25) is 0 Å². The third-order valence-corrected chi connectivity index (χ3v) is 1.34. The largest absolute Gasteiger partial charge is 0.413 e. The first-order chi connectivity index (χ1) is 6.58. The van der Waals surface area contributed by atoms with Crippen LogP contribution in [0.25, 0.3) is 0 Å². The number of nitrogens with one attached hydrogen (secondary N) is 1. The Bertz CT molecular complexity index is 247. The number of hydrogen-bond acceptors (Lipinski definition) is 3. The molecule has 1 N–H and O–H groups in total. The minimum absolute atomic E-state index is 0.276. The van der Waals surface area contributed by atoms with Crippen molar-refractivity contribution in [3.05, 3.63) is 18.5 Å². The quantitative estimate of drug-likeness (QED) is 0.580. The summed E-state index contributed by atoms with van der Waals surface area (Å²) < 4.78 is 36.3. The summed E-state index contributed by atoms with van der Waals surface area (Å²) in [6.07, 6.45) is -0.985. The Morgan fingerprint density at radius 1 is 1.43 bits per heavy atom. The molecule has 1 rings (SSSR count). The first kappa shape index (κ1) is 11.0. The van der Waals surface area contributed by atoms with E-state index in [2.05, 4.69) is 15.4 Å². The molecule has 1 aromatic rings. The summed E-state index contributed by atoms with van der Waals surface area (Å²) >= 11 is 0. The SMILES string of the molecule is FC(F)(F)CONCCn1cccn1. The Kier molecular flexibility index (Phi) is 3.90. The van der Waals surface area contributed by atoms with Gasteiger partial charge in [-0.2, -0.15) is 18.3 Å². The molecule has 0 bridgehead atoms. The van der Waals surface area contributed by atoms with Crippen LogP contribution in [0.3, 0.4) is 0 Å². The van der Waals surface area contributed by atoms with E-state index in [4.69, 9.17) is 0 Å². The van der Waals surface area contributed by atoms with Crippen LogP contribution in [-0.4, -0.2) is 29.1 Å². The summed E-state index contributed by atoms with van der Waals surface area (Å²) in [5.74, 6) is 0. The zero-order chi connectivity index (χ0) is 10.4. The van der Waals surface area contributed by atoms with Gasteiger partial charge < -0.3 is 0 Å². The van der Waals surface area contributed by atoms with E-state index in [0.717, 1.165) is 0 Å². The fourth-order valence-electron chi connectivity index (χ4n) is 0.798. The van der Waals surface area contributed by atoms with E-state index in [1.165, 1.54) is 0 Å². The molecule has 0 fully saturated rings. The van der Waals surface area contributed by atoms with Gasteiger partial charge in [0.25, 0.3) is 0 Å². The molecule has 1 aromatic heterocycles. The summed E-state index contributed by atoms with van der Waals surface area (Å²) in [4.78, 5) is 4.18. The second-order valence-corrected chi connectivity index (χ2v) is 2.57. The van der Waals surface area contributed by atoms with E-state index in [1.807, 2.05) is 0 Å². The fraction of sp³-hybridized carbons (Fsp3) is 0.571. The van der Waals surface area contributed by atoms with Crippen molar-refractivity contribution in [2.45, 2.75) is 12.7 Å². The molecule has 14 heavy (non-hydrogen) atoms. The van der Waals surface area contributed by atoms with E-state index < -0.39 is 12.8 Å². The molecule has 0 saturated carbocycles. The zero-order valence-corrected chi connectivity index (χ0v) is 7.29. The first-order valence-corrected chi connectivity index (χ1v) is 3.97. The van der Waals surface area contributed by atoms with E-state index in [1.54, 1.807) is 23.1 Å². The fourth-order valence-corrected chi connectivity index (χ4v) is 0.798. The predicted octanol–water partition coefficient (Wildman–Crippen LogP) is 0.967. The highest BCUT2D eigenvalue weighted by Gasteiger charge is 2.27. The second kappa shape index (κ2) is 4.97. The highest BCUT2D eigenvalue weighted by Crippen LogP contribution is 2.13. The van der Waals surface area contributed by atoms with Gasteiger partial charge in [0.15, 0.2) is 6.61 Å². The molecule has 0 amide bonds. The van der Waals surface area contributed by atoms with E-state index in [0.29, 0.717) is 6.54 Å². The number of hydrogen-bond donors (Lipinski definition) is 1. The van der Waals surface area contributed by atoms with Crippen LogP contribution in [0.15, 0.2) is 18.5 Å². The summed E-state index contributed by atoms with van der Waals surface area (Å²) in [6.45, 7) is -0.547. The molecule has 1 heterocycles. The molecular formula is C7H10F3N3O. The molecule has 0 spiro atoms. The van der Waals surface area contributed by atoms with Crippen LogP contribution < -0.4 is 5.48 Å². The maximum absolute atomic E-state index is 11.6. The number of hydroxylamine groups is 1. The maximum atomic E-state index is 11.6. The Morgan fingerprint density at radius 3 is 2.79 bits per heavy atom. The summed E-state index contributed by atoms with van der Waals surface area (Å²) in [5.41, 5.74) is 2.20. The van der Waals surface area contributed by atoms with Crippen molar-refractivity contribution in [2.24, 2.45) is 0 Å². The summed E-state index contributed by atoms with van der Waals surface area (Å²) in [6, 6.07) is 1.73. The lowest BCUT2D eigenvalue weighted by atomic mass is 10.6. The molecule has 0 atom stereocenters. The van der Waals surface area contributed by atoms with Gasteiger partial charge in [-0.15, -0.1) is 0 Å². The molecule has 0 saturated heterocycles. The standard InChI is InChI=1S/C7H10F3N3O/c8-7(9,10)6-14-12-3-5-13-4-1-2-11-13/h1-2,4,12H,3,5-6H2. The molecule has 0 unspecified atom stereocenters. The molecule has 0 radical (unpaired) electrons. The third kappa shape index (κ3) is 4.83. The number of rotatable bonds is 5. The molecular weight excluding hydrogens is 199 g/mol. The molecule has 4 nitrogen and oxygen atoms in total. The monoisotopic (exact) mass is 209 g/mol. The first-order valence-electron chi connectivity index (χ1n) is 3.97. The van der Waals surface area contributed by atoms with Gasteiger partial charge >= 0.3 is 6.18 Å². The highest BCUT2D eigenvalue weighted by molar-refractivity contribution is 4.77. The molecule has 80 valence electrons. The lowest BCUT2D eigenvalue weighted by Gasteiger charge is -2.08. The van der Waals surface area contributed by atoms with Crippen molar-refractivity contribution in [1.29, 1.82) is 0 Å². The van der Waals surface area contributed by atoms with Crippen molar-refractivity contribution in [2.75, 3.05) is 13.2 Å². The van der Waals surface area contributed by atoms with Crippen LogP contribution >= 0.6 is 0 Å². The van der Waals surface area contributed by atoms with Gasteiger partial charge in [0.1, 0.15) is 0 Å². The third-order valence-electron chi connectivity index (χ3n) is 1.34. The molecule has 0 aliphatic carbocycles. The van der Waals surface area contributed by atoms with Crippen LogP contribution in [0.5, 0.6) is 0 Å². The minimum Gasteiger partial charge on any atom is -0.292 e. The Hall–Kier alpha value is -1.08. The average molecular weight is 209 g/mol. The van der Waals surface area contributed by atoms with Crippen molar-refractivity contribution in [1.82, 2.24) is 15.3 Å². The molecule has 0 aliphatic heterocycles. The van der Waals surface area contributed by atoms with Crippen molar-refractivity contribution in [3.8, 4) is 0 Å². The molecule has 7 heteroatoms. The van der Waals surface area contributed by atoms with E-state index >= 15 is 0 Å². The van der Waals surface area contributed by atoms with Gasteiger partial charge in [-0.3, -0.25) is 9.52 Å². The minimum atomic E-state index is -4.29. The molecule has 0 aromatic carbocycles. The second-order valence-electron chi connectivity index (χ2n) is 2.57. The Morgan fingerprint density at radius 2 is 2.21 bits per heavy atom. The lowest BCUT2D eigenvalue weighted by molar-refractivity contribution is -0.189. The van der Waals surface area contributed by atoms with Gasteiger partial charge in [-0.1, -0.05) is 0 Å². The normalized spacial score (nSPS) is 11.9. The van der Waals surface area contributed by atoms with Crippen LogP contribution in [-0.2, 0) is 11.4 Å². The summed E-state index contributed by atoms with van der Waals surface area (Å²) in [7, 11) is 0. The number of aromatic nitrogens is 2. The smallest absolute Gasteiger partial charge is 0.292 e. The predicted molar refractivity (Wildman–Crippen MR) is 42.2 cm³/mol. The van der Waals surface area contributed by atoms with Gasteiger partial charge in [-0.05, 0) is 6.07 Å². The summed E-state index contributed by atoms with van der Waals surface area (Å²) in [5, 5.41) is 3.86. The zero-order valence-electron chi connectivity index (χ0n) is 7.29. The molecule has 0 aliphatic rings. The van der Waals surface area contributed by atoms with Crippen LogP contribution in [0.4, 0.5) is 13.2 Å². The number of halogens is 3. The van der Waals surface area contributed by atoms with Gasteiger partial charge in [0.2, 0.25) is 0 Å². The van der Waals surface area contributed by atoms with Crippen molar-refractivity contribution < 1.29 is 18.0 Å². The highest BCUT2D eigenvalue weighted by atomic mass is 19.4. The number of alkyl halides is 3. The average Bonchev–Trinajstić information content (AvgIpc) is 2.54. The topological polar surface area (TPSA) is 39.1 Å². The number of nitrogens with zero attached hydrogens (tertiary/aromatic N) is 2. The Labute approximate surface area is 78.6 Å². The lowest BCUT2D eigenvalue weighted by Crippen LogP contribution is -2.27. The van der Waals surface area contributed by atoms with Crippen LogP contribution in [0, 0.1) is 0 Å². The van der Waals surface area contributed by atoms with Gasteiger partial charge in [0.05, 0.1) is 6.54 Å². The maximum Gasteiger partial charge on any atom is 0.413 e. The van der Waals surface area contributed by atoms with Crippen LogP contribution in [0.1, 0.15) is 0 Å².